The summed E-state index contributed by atoms with van der Waals surface area (Å²) in [5.41, 5.74) is 1.23. The maximum atomic E-state index is 13.1. The van der Waals surface area contributed by atoms with Gasteiger partial charge >= 0.3 is 0 Å². The van der Waals surface area contributed by atoms with Crippen molar-refractivity contribution in [2.75, 3.05) is 6.54 Å². The van der Waals surface area contributed by atoms with E-state index in [9.17, 15) is 9.18 Å². The van der Waals surface area contributed by atoms with Gasteiger partial charge in [0.2, 0.25) is 5.78 Å². The summed E-state index contributed by atoms with van der Waals surface area (Å²) in [5.74, 6) is 0.0258. The molecule has 0 unspecified atom stereocenters. The van der Waals surface area contributed by atoms with Crippen molar-refractivity contribution in [2.45, 2.75) is 19.9 Å². The fraction of sp³-hybridized carbons (Fsp3) is 0.235. The first-order valence-electron chi connectivity index (χ1n) is 7.46. The lowest BCUT2D eigenvalue weighted by Gasteiger charge is -2.27. The summed E-state index contributed by atoms with van der Waals surface area (Å²) in [4.78, 5) is 22.9. The van der Waals surface area contributed by atoms with Gasteiger partial charge in [-0.05, 0) is 37.6 Å². The van der Waals surface area contributed by atoms with Gasteiger partial charge in [0.05, 0.1) is 6.04 Å². The quantitative estimate of drug-likeness (QED) is 0.744. The molecule has 1 atom stereocenters. The van der Waals surface area contributed by atoms with Gasteiger partial charge in [0.25, 0.3) is 5.91 Å². The van der Waals surface area contributed by atoms with E-state index in [1.807, 2.05) is 13.8 Å². The van der Waals surface area contributed by atoms with Crippen LogP contribution in [0.4, 0.5) is 4.39 Å². The average molecular weight is 312 g/mol. The van der Waals surface area contributed by atoms with Crippen LogP contribution in [-0.4, -0.2) is 31.7 Å². The van der Waals surface area contributed by atoms with E-state index >= 15 is 0 Å². The third-order valence-corrected chi connectivity index (χ3v) is 3.88. The minimum Gasteiger partial charge on any atom is -0.331 e. The minimum absolute atomic E-state index is 0.171. The fourth-order valence-electron chi connectivity index (χ4n) is 2.59. The number of carbonyl (C=O) groups is 1. The molecule has 0 spiro atoms. The summed E-state index contributed by atoms with van der Waals surface area (Å²) < 4.78 is 14.8. The highest BCUT2D eigenvalue weighted by Crippen LogP contribution is 2.22. The Morgan fingerprint density at radius 1 is 1.35 bits per heavy atom. The number of nitrogens with zero attached hydrogens (tertiary/aromatic N) is 4. The molecule has 6 heteroatoms. The third-order valence-electron chi connectivity index (χ3n) is 3.88. The van der Waals surface area contributed by atoms with Gasteiger partial charge < -0.3 is 4.90 Å². The number of halogens is 1. The first-order valence-corrected chi connectivity index (χ1v) is 7.46. The van der Waals surface area contributed by atoms with Crippen molar-refractivity contribution in [3.05, 3.63) is 66.0 Å². The van der Waals surface area contributed by atoms with Crippen molar-refractivity contribution < 1.29 is 9.18 Å². The van der Waals surface area contributed by atoms with Crippen molar-refractivity contribution >= 4 is 11.7 Å². The van der Waals surface area contributed by atoms with E-state index in [2.05, 4.69) is 9.97 Å². The van der Waals surface area contributed by atoms with Gasteiger partial charge in [-0.3, -0.25) is 9.20 Å². The van der Waals surface area contributed by atoms with Gasteiger partial charge in [0.1, 0.15) is 11.5 Å². The minimum atomic E-state index is -0.290. The zero-order valence-electron chi connectivity index (χ0n) is 13.0. The molecular formula is C17H17FN4O. The second-order valence-corrected chi connectivity index (χ2v) is 5.27. The molecule has 0 N–H and O–H groups in total. The van der Waals surface area contributed by atoms with E-state index in [4.69, 9.17) is 0 Å². The highest BCUT2D eigenvalue weighted by atomic mass is 19.1. The number of fused-ring (bicyclic) bond motifs is 1. The van der Waals surface area contributed by atoms with Crippen LogP contribution in [0.2, 0.25) is 0 Å². The van der Waals surface area contributed by atoms with Crippen LogP contribution in [0.1, 0.15) is 35.9 Å². The molecule has 0 saturated heterocycles. The lowest BCUT2D eigenvalue weighted by molar-refractivity contribution is 0.0697. The molecular weight excluding hydrogens is 295 g/mol. The number of amides is 1. The van der Waals surface area contributed by atoms with Gasteiger partial charge in [-0.25, -0.2) is 14.4 Å². The standard InChI is InChI=1S/C17H17FN4O/c1-3-22(12(2)13-5-7-14(18)8-6-13)16(23)15-11-21-10-4-9-19-17(21)20-15/h4-12H,3H2,1-2H3/t12-/m1/s1. The molecule has 5 nitrogen and oxygen atoms in total. The molecule has 0 saturated carbocycles. The fourth-order valence-corrected chi connectivity index (χ4v) is 2.59. The number of carbonyl (C=O) groups excluding carboxylic acids is 1. The van der Waals surface area contributed by atoms with Crippen molar-refractivity contribution in [3.8, 4) is 0 Å². The predicted molar refractivity (Wildman–Crippen MR) is 84.5 cm³/mol. The van der Waals surface area contributed by atoms with Crippen molar-refractivity contribution in [3.63, 3.8) is 0 Å². The van der Waals surface area contributed by atoms with Crippen molar-refractivity contribution in [1.82, 2.24) is 19.3 Å². The van der Waals surface area contributed by atoms with Crippen LogP contribution in [0, 0.1) is 5.82 Å². The molecule has 0 aliphatic carbocycles. The van der Waals surface area contributed by atoms with Crippen molar-refractivity contribution in [2.24, 2.45) is 0 Å². The largest absolute Gasteiger partial charge is 0.331 e. The second kappa shape index (κ2) is 6.16. The Hall–Kier alpha value is -2.76. The van der Waals surface area contributed by atoms with Crippen LogP contribution in [0.15, 0.2) is 48.9 Å². The number of imidazole rings is 1. The molecule has 1 aromatic carbocycles. The van der Waals surface area contributed by atoms with Crippen LogP contribution in [0.3, 0.4) is 0 Å². The van der Waals surface area contributed by atoms with Gasteiger partial charge in [-0.15, -0.1) is 0 Å². The molecule has 118 valence electrons. The Morgan fingerprint density at radius 3 is 2.74 bits per heavy atom. The Labute approximate surface area is 133 Å². The molecule has 0 bridgehead atoms. The van der Waals surface area contributed by atoms with Crippen LogP contribution < -0.4 is 0 Å². The Bertz CT molecular complexity index is 795. The summed E-state index contributed by atoms with van der Waals surface area (Å²) in [6.45, 7) is 4.35. The normalized spacial score (nSPS) is 12.3. The summed E-state index contributed by atoms with van der Waals surface area (Å²) in [5, 5.41) is 0. The number of aromatic nitrogens is 3. The molecule has 0 fully saturated rings. The number of hydrogen-bond donors (Lipinski definition) is 0. The molecule has 3 rings (SSSR count). The topological polar surface area (TPSA) is 50.5 Å². The average Bonchev–Trinajstić information content (AvgIpc) is 3.00. The summed E-state index contributed by atoms with van der Waals surface area (Å²) >= 11 is 0. The lowest BCUT2D eigenvalue weighted by atomic mass is 10.1. The first-order chi connectivity index (χ1) is 11.1. The highest BCUT2D eigenvalue weighted by Gasteiger charge is 2.23. The summed E-state index contributed by atoms with van der Waals surface area (Å²) in [7, 11) is 0. The van der Waals surface area contributed by atoms with E-state index in [1.54, 1.807) is 46.1 Å². The zero-order chi connectivity index (χ0) is 16.4. The Balaban J connectivity index is 1.89. The van der Waals surface area contributed by atoms with E-state index in [0.29, 0.717) is 18.0 Å². The monoisotopic (exact) mass is 312 g/mol. The van der Waals surface area contributed by atoms with Gasteiger partial charge in [0.15, 0.2) is 0 Å². The molecule has 3 aromatic rings. The zero-order valence-corrected chi connectivity index (χ0v) is 13.0. The van der Waals surface area contributed by atoms with Crippen LogP contribution in [0.5, 0.6) is 0 Å². The molecule has 0 aliphatic heterocycles. The van der Waals surface area contributed by atoms with Crippen LogP contribution in [0.25, 0.3) is 5.78 Å². The van der Waals surface area contributed by atoms with Crippen molar-refractivity contribution in [1.29, 1.82) is 0 Å². The Morgan fingerprint density at radius 2 is 2.09 bits per heavy atom. The first kappa shape index (κ1) is 15.1. The van der Waals surface area contributed by atoms with E-state index in [1.165, 1.54) is 12.1 Å². The van der Waals surface area contributed by atoms with Gasteiger partial charge in [0, 0.05) is 25.1 Å². The predicted octanol–water partition coefficient (Wildman–Crippen LogP) is 3.09. The molecule has 23 heavy (non-hydrogen) atoms. The van der Waals surface area contributed by atoms with E-state index in [0.717, 1.165) is 5.56 Å². The molecule has 2 aromatic heterocycles. The maximum Gasteiger partial charge on any atom is 0.274 e. The number of hydrogen-bond acceptors (Lipinski definition) is 3. The molecule has 0 radical (unpaired) electrons. The van der Waals surface area contributed by atoms with E-state index in [-0.39, 0.29) is 17.8 Å². The lowest BCUT2D eigenvalue weighted by Crippen LogP contribution is -2.33. The summed E-state index contributed by atoms with van der Waals surface area (Å²) in [6.07, 6.45) is 5.10. The highest BCUT2D eigenvalue weighted by molar-refractivity contribution is 5.93. The van der Waals surface area contributed by atoms with E-state index < -0.39 is 0 Å². The summed E-state index contributed by atoms with van der Waals surface area (Å²) in [6, 6.07) is 7.80. The van der Waals surface area contributed by atoms with Crippen LogP contribution >= 0.6 is 0 Å². The number of benzene rings is 1. The molecule has 2 heterocycles. The van der Waals surface area contributed by atoms with Gasteiger partial charge in [-0.1, -0.05) is 12.1 Å². The maximum absolute atomic E-state index is 13.1. The number of rotatable bonds is 4. The second-order valence-electron chi connectivity index (χ2n) is 5.27. The SMILES string of the molecule is CCN(C(=O)c1cn2cccnc2n1)[C@H](C)c1ccc(F)cc1. The van der Waals surface area contributed by atoms with Gasteiger partial charge in [-0.2, -0.15) is 0 Å². The molecule has 0 aliphatic rings. The third kappa shape index (κ3) is 2.92. The van der Waals surface area contributed by atoms with Crippen LogP contribution in [-0.2, 0) is 0 Å². The smallest absolute Gasteiger partial charge is 0.274 e. The molecule has 1 amide bonds. The Kier molecular flexibility index (Phi) is 4.06.